The van der Waals surface area contributed by atoms with Gasteiger partial charge < -0.3 is 39.2 Å². The van der Waals surface area contributed by atoms with Gasteiger partial charge in [0.2, 0.25) is 0 Å². The summed E-state index contributed by atoms with van der Waals surface area (Å²) in [6.45, 7) is 1.81. The number of nitro groups is 1. The van der Waals surface area contributed by atoms with E-state index in [0.717, 1.165) is 27.6 Å². The minimum atomic E-state index is -0.972. The van der Waals surface area contributed by atoms with Crippen LogP contribution in [0, 0.1) is 10.1 Å². The Balaban J connectivity index is 1.23. The number of benzene rings is 4. The van der Waals surface area contributed by atoms with Crippen molar-refractivity contribution in [3.8, 4) is 17.2 Å². The number of hydrogen-bond acceptors (Lipinski definition) is 10. The number of nitrogens with zero attached hydrogens (tertiary/aromatic N) is 1. The molecule has 0 aromatic heterocycles. The summed E-state index contributed by atoms with van der Waals surface area (Å²) in [6.07, 6.45) is -0.981. The molecule has 46 heavy (non-hydrogen) atoms. The molecule has 4 aromatic carbocycles. The Hall–Kier alpha value is -4.26. The number of nitro benzene ring substituents is 1. The van der Waals surface area contributed by atoms with E-state index in [0.29, 0.717) is 38.5 Å². The van der Waals surface area contributed by atoms with Crippen molar-refractivity contribution in [3.05, 3.63) is 106 Å². The van der Waals surface area contributed by atoms with Gasteiger partial charge in [-0.25, -0.2) is 0 Å². The largest absolute Gasteiger partial charge is 0.496 e. The molecule has 1 fully saturated rings. The zero-order valence-corrected chi connectivity index (χ0v) is 25.7. The van der Waals surface area contributed by atoms with Gasteiger partial charge in [0.05, 0.1) is 57.3 Å². The van der Waals surface area contributed by atoms with Crippen LogP contribution in [0.25, 0.3) is 10.8 Å². The monoisotopic (exact) mass is 632 g/mol. The van der Waals surface area contributed by atoms with E-state index in [1.165, 1.54) is 6.07 Å². The van der Waals surface area contributed by atoms with Gasteiger partial charge >= 0.3 is 5.69 Å². The van der Waals surface area contributed by atoms with Gasteiger partial charge in [-0.2, -0.15) is 0 Å². The summed E-state index contributed by atoms with van der Waals surface area (Å²) in [6, 6.07) is 26.2. The molecule has 5 rings (SSSR count). The van der Waals surface area contributed by atoms with Crippen molar-refractivity contribution in [3.63, 3.8) is 0 Å². The van der Waals surface area contributed by atoms with E-state index in [9.17, 15) is 20.3 Å². The molecule has 0 radical (unpaired) electrons. The topological polar surface area (TPSA) is 142 Å². The standard InChI is InChI=1S/C35H40N2O9/c1-42-32-18-24(17-26-7-2-3-8-29(26)32)22-45-33-19-36-20-34(46-23-27(39)21-38)35(33)25-11-13-28(14-12-25)43-15-6-16-44-31-10-5-4-9-30(31)37(40)41/h2-5,7-14,17-18,27,33-36,38-39H,6,15-16,19-23H2,1H3/t27-,33+,34-,35-/m1/s1. The van der Waals surface area contributed by atoms with Gasteiger partial charge in [-0.1, -0.05) is 48.5 Å². The summed E-state index contributed by atoms with van der Waals surface area (Å²) in [5, 5.41) is 36.0. The second kappa shape index (κ2) is 16.3. The lowest BCUT2D eigenvalue weighted by molar-refractivity contribution is -0.385. The van der Waals surface area contributed by atoms with Crippen LogP contribution in [0.5, 0.6) is 17.2 Å². The number of aliphatic hydroxyl groups is 2. The Morgan fingerprint density at radius 3 is 2.39 bits per heavy atom. The number of piperidine rings is 1. The molecule has 0 bridgehead atoms. The molecule has 3 N–H and O–H groups in total. The van der Waals surface area contributed by atoms with Crippen molar-refractivity contribution in [1.29, 1.82) is 0 Å². The summed E-state index contributed by atoms with van der Waals surface area (Å²) in [5.74, 6) is 1.55. The molecule has 244 valence electrons. The van der Waals surface area contributed by atoms with Crippen molar-refractivity contribution in [2.24, 2.45) is 0 Å². The Labute approximate surface area is 267 Å². The van der Waals surface area contributed by atoms with E-state index in [2.05, 4.69) is 17.4 Å². The third-order valence-electron chi connectivity index (χ3n) is 7.92. The first-order chi connectivity index (χ1) is 22.5. The van der Waals surface area contributed by atoms with Crippen LogP contribution < -0.4 is 19.5 Å². The normalized spacial score (nSPS) is 18.6. The summed E-state index contributed by atoms with van der Waals surface area (Å²) >= 11 is 0. The quantitative estimate of drug-likeness (QED) is 0.0911. The van der Waals surface area contributed by atoms with Crippen molar-refractivity contribution >= 4 is 16.5 Å². The maximum absolute atomic E-state index is 11.2. The fourth-order valence-corrected chi connectivity index (χ4v) is 5.64. The highest BCUT2D eigenvalue weighted by atomic mass is 16.6. The Kier molecular flexibility index (Phi) is 11.8. The molecule has 11 nitrogen and oxygen atoms in total. The van der Waals surface area contributed by atoms with Gasteiger partial charge in [0.25, 0.3) is 0 Å². The molecule has 1 aliphatic rings. The number of rotatable bonds is 16. The van der Waals surface area contributed by atoms with Crippen LogP contribution in [0.3, 0.4) is 0 Å². The third-order valence-corrected chi connectivity index (χ3v) is 7.92. The van der Waals surface area contributed by atoms with Crippen LogP contribution in [-0.4, -0.2) is 80.1 Å². The average molecular weight is 633 g/mol. The van der Waals surface area contributed by atoms with Gasteiger partial charge in [0.1, 0.15) is 17.6 Å². The number of methoxy groups -OCH3 is 1. The molecule has 1 aliphatic heterocycles. The van der Waals surface area contributed by atoms with E-state index >= 15 is 0 Å². The van der Waals surface area contributed by atoms with E-state index in [1.807, 2.05) is 48.5 Å². The van der Waals surface area contributed by atoms with Gasteiger partial charge in [0, 0.05) is 36.9 Å². The molecule has 11 heteroatoms. The first-order valence-corrected chi connectivity index (χ1v) is 15.3. The Bertz CT molecular complexity index is 1570. The van der Waals surface area contributed by atoms with Crippen molar-refractivity contribution in [2.75, 3.05) is 46.6 Å². The minimum Gasteiger partial charge on any atom is -0.496 e. The summed E-state index contributed by atoms with van der Waals surface area (Å²) in [4.78, 5) is 10.7. The highest BCUT2D eigenvalue weighted by Crippen LogP contribution is 2.33. The maximum Gasteiger partial charge on any atom is 0.310 e. The number of ether oxygens (including phenoxy) is 5. The molecule has 0 spiro atoms. The zero-order valence-electron chi connectivity index (χ0n) is 25.7. The predicted octanol–water partition coefficient (Wildman–Crippen LogP) is 4.62. The van der Waals surface area contributed by atoms with Crippen LogP contribution in [0.1, 0.15) is 23.5 Å². The fraction of sp³-hybridized carbons (Fsp3) is 0.371. The minimum absolute atomic E-state index is 0.00332. The second-order valence-electron chi connectivity index (χ2n) is 11.1. The maximum atomic E-state index is 11.2. The summed E-state index contributed by atoms with van der Waals surface area (Å²) in [7, 11) is 1.66. The number of fused-ring (bicyclic) bond motifs is 1. The van der Waals surface area contributed by atoms with Crippen molar-refractivity contribution < 1.29 is 38.8 Å². The number of nitrogens with one attached hydrogen (secondary N) is 1. The van der Waals surface area contributed by atoms with Crippen LogP contribution in [0.2, 0.25) is 0 Å². The first kappa shape index (κ1) is 33.1. The molecule has 4 aromatic rings. The Morgan fingerprint density at radius 1 is 0.913 bits per heavy atom. The molecular formula is C35H40N2O9. The zero-order chi connectivity index (χ0) is 32.3. The lowest BCUT2D eigenvalue weighted by atomic mass is 9.85. The molecule has 1 heterocycles. The molecule has 1 saturated heterocycles. The predicted molar refractivity (Wildman–Crippen MR) is 173 cm³/mol. The Morgan fingerprint density at radius 2 is 1.63 bits per heavy atom. The molecule has 0 saturated carbocycles. The van der Waals surface area contributed by atoms with Crippen LogP contribution in [0.15, 0.2) is 84.9 Å². The van der Waals surface area contributed by atoms with E-state index in [-0.39, 0.29) is 49.4 Å². The van der Waals surface area contributed by atoms with Gasteiger partial charge in [0.15, 0.2) is 5.75 Å². The first-order valence-electron chi connectivity index (χ1n) is 15.3. The average Bonchev–Trinajstić information content (AvgIpc) is 3.09. The van der Waals surface area contributed by atoms with E-state index < -0.39 is 11.0 Å². The highest BCUT2D eigenvalue weighted by molar-refractivity contribution is 5.89. The molecule has 4 atom stereocenters. The van der Waals surface area contributed by atoms with Gasteiger partial charge in [-0.05, 0) is 46.8 Å². The lowest BCUT2D eigenvalue weighted by Crippen LogP contribution is -2.51. The third kappa shape index (κ3) is 8.51. The van der Waals surface area contributed by atoms with Crippen LogP contribution in [-0.2, 0) is 16.1 Å². The van der Waals surface area contributed by atoms with Gasteiger partial charge in [-0.3, -0.25) is 10.1 Å². The number of aliphatic hydroxyl groups excluding tert-OH is 2. The second-order valence-corrected chi connectivity index (χ2v) is 11.1. The number of para-hydroxylation sites is 2. The van der Waals surface area contributed by atoms with Crippen molar-refractivity contribution in [1.82, 2.24) is 5.32 Å². The highest BCUT2D eigenvalue weighted by Gasteiger charge is 2.36. The van der Waals surface area contributed by atoms with Gasteiger partial charge in [-0.15, -0.1) is 0 Å². The fourth-order valence-electron chi connectivity index (χ4n) is 5.64. The van der Waals surface area contributed by atoms with Crippen LogP contribution in [0.4, 0.5) is 5.69 Å². The molecule has 0 unspecified atom stereocenters. The lowest BCUT2D eigenvalue weighted by Gasteiger charge is -2.39. The molecule has 0 amide bonds. The summed E-state index contributed by atoms with van der Waals surface area (Å²) in [5.41, 5.74) is 1.92. The SMILES string of the molecule is COc1cc(CO[C@H]2CNC[C@@H](OC[C@H](O)CO)[C@@H]2c2ccc(OCCCOc3ccccc3[N+](=O)[O-])cc2)cc2ccccc12. The summed E-state index contributed by atoms with van der Waals surface area (Å²) < 4.78 is 29.8. The van der Waals surface area contributed by atoms with Crippen molar-refractivity contribution in [2.45, 2.75) is 37.3 Å². The van der Waals surface area contributed by atoms with E-state index in [1.54, 1.807) is 25.3 Å². The van der Waals surface area contributed by atoms with Crippen LogP contribution >= 0.6 is 0 Å². The number of hydrogen-bond donors (Lipinski definition) is 3. The molecule has 0 aliphatic carbocycles. The molecular weight excluding hydrogens is 592 g/mol. The van der Waals surface area contributed by atoms with E-state index in [4.69, 9.17) is 23.7 Å². The smallest absolute Gasteiger partial charge is 0.310 e.